The smallest absolute Gasteiger partial charge is 0.00556 e. The first-order valence-corrected chi connectivity index (χ1v) is 5.14. The lowest BCUT2D eigenvalue weighted by atomic mass is 9.95. The molecule has 1 aromatic carbocycles. The number of benzene rings is 1. The summed E-state index contributed by atoms with van der Waals surface area (Å²) in [5, 5.41) is 0. The SMILES string of the molecule is CC(C)(C)C=CC[CH]c1ccccc1. The number of allylic oxidation sites excluding steroid dienone is 2. The van der Waals surface area contributed by atoms with Crippen molar-refractivity contribution in [3.8, 4) is 0 Å². The predicted octanol–water partition coefficient (Wildman–Crippen LogP) is 4.23. The van der Waals surface area contributed by atoms with Crippen LogP contribution in [0.1, 0.15) is 32.8 Å². The van der Waals surface area contributed by atoms with Crippen molar-refractivity contribution in [2.24, 2.45) is 5.41 Å². The van der Waals surface area contributed by atoms with Crippen LogP contribution in [0.4, 0.5) is 0 Å². The molecule has 75 valence electrons. The van der Waals surface area contributed by atoms with Gasteiger partial charge in [-0.3, -0.25) is 0 Å². The number of hydrogen-bond acceptors (Lipinski definition) is 0. The largest absolute Gasteiger partial charge is 0.0874 e. The maximum atomic E-state index is 2.26. The molecule has 0 bridgehead atoms. The Bertz CT molecular complexity index is 275. The van der Waals surface area contributed by atoms with E-state index in [1.807, 2.05) is 6.07 Å². The number of hydrogen-bond donors (Lipinski definition) is 0. The molecule has 0 amide bonds. The summed E-state index contributed by atoms with van der Waals surface area (Å²) in [7, 11) is 0. The van der Waals surface area contributed by atoms with Gasteiger partial charge in [0.1, 0.15) is 0 Å². The minimum absolute atomic E-state index is 0.296. The van der Waals surface area contributed by atoms with E-state index >= 15 is 0 Å². The summed E-state index contributed by atoms with van der Waals surface area (Å²) in [4.78, 5) is 0. The highest BCUT2D eigenvalue weighted by Crippen LogP contribution is 2.15. The molecule has 0 heteroatoms. The van der Waals surface area contributed by atoms with Gasteiger partial charge in [-0.25, -0.2) is 0 Å². The molecule has 0 N–H and O–H groups in total. The highest BCUT2D eigenvalue weighted by molar-refractivity contribution is 5.23. The Morgan fingerprint density at radius 1 is 1.07 bits per heavy atom. The van der Waals surface area contributed by atoms with Gasteiger partial charge in [0.15, 0.2) is 0 Å². The molecular weight excluding hydrogens is 168 g/mol. The Kier molecular flexibility index (Phi) is 3.94. The van der Waals surface area contributed by atoms with E-state index in [0.29, 0.717) is 5.41 Å². The van der Waals surface area contributed by atoms with E-state index in [4.69, 9.17) is 0 Å². The molecule has 1 aromatic rings. The summed E-state index contributed by atoms with van der Waals surface area (Å²) in [6, 6.07) is 10.4. The fraction of sp³-hybridized carbons (Fsp3) is 0.357. The van der Waals surface area contributed by atoms with E-state index in [9.17, 15) is 0 Å². The van der Waals surface area contributed by atoms with Crippen LogP contribution in [0.2, 0.25) is 0 Å². The van der Waals surface area contributed by atoms with Gasteiger partial charge in [0, 0.05) is 0 Å². The van der Waals surface area contributed by atoms with E-state index in [1.54, 1.807) is 0 Å². The highest BCUT2D eigenvalue weighted by Gasteiger charge is 2.02. The van der Waals surface area contributed by atoms with Crippen LogP contribution in [0.3, 0.4) is 0 Å². The van der Waals surface area contributed by atoms with Crippen molar-refractivity contribution in [2.45, 2.75) is 27.2 Å². The van der Waals surface area contributed by atoms with Gasteiger partial charge in [-0.05, 0) is 23.8 Å². The summed E-state index contributed by atoms with van der Waals surface area (Å²) in [6.07, 6.45) is 7.74. The average molecular weight is 187 g/mol. The van der Waals surface area contributed by atoms with Crippen LogP contribution in [0, 0.1) is 11.8 Å². The van der Waals surface area contributed by atoms with Gasteiger partial charge in [-0.1, -0.05) is 63.3 Å². The van der Waals surface area contributed by atoms with Crippen LogP contribution in [0.15, 0.2) is 42.5 Å². The van der Waals surface area contributed by atoms with Crippen LogP contribution in [-0.2, 0) is 0 Å². The molecule has 0 aromatic heterocycles. The Balaban J connectivity index is 2.33. The second kappa shape index (κ2) is 4.99. The van der Waals surface area contributed by atoms with Crippen LogP contribution in [-0.4, -0.2) is 0 Å². The maximum Gasteiger partial charge on any atom is -0.00556 e. The maximum absolute atomic E-state index is 2.26. The second-order valence-corrected chi connectivity index (χ2v) is 4.62. The third-order valence-corrected chi connectivity index (χ3v) is 1.91. The van der Waals surface area contributed by atoms with Crippen LogP contribution < -0.4 is 0 Å². The predicted molar refractivity (Wildman–Crippen MR) is 63.1 cm³/mol. The Labute approximate surface area is 87.7 Å². The second-order valence-electron chi connectivity index (χ2n) is 4.62. The minimum Gasteiger partial charge on any atom is -0.0874 e. The van der Waals surface area contributed by atoms with E-state index in [0.717, 1.165) is 6.42 Å². The van der Waals surface area contributed by atoms with Crippen molar-refractivity contribution in [2.75, 3.05) is 0 Å². The molecular formula is C14H19. The fourth-order valence-electron chi connectivity index (χ4n) is 1.21. The summed E-state index contributed by atoms with van der Waals surface area (Å²) >= 11 is 0. The van der Waals surface area contributed by atoms with Crippen molar-refractivity contribution in [1.29, 1.82) is 0 Å². The first-order chi connectivity index (χ1) is 6.58. The molecule has 0 saturated carbocycles. The van der Waals surface area contributed by atoms with Gasteiger partial charge in [0.2, 0.25) is 0 Å². The first-order valence-electron chi connectivity index (χ1n) is 5.14. The van der Waals surface area contributed by atoms with Gasteiger partial charge in [0.05, 0.1) is 0 Å². The zero-order chi connectivity index (χ0) is 10.4. The zero-order valence-electron chi connectivity index (χ0n) is 9.33. The Morgan fingerprint density at radius 2 is 1.71 bits per heavy atom. The lowest BCUT2D eigenvalue weighted by Gasteiger charge is -2.10. The minimum atomic E-state index is 0.296. The summed E-state index contributed by atoms with van der Waals surface area (Å²) in [6.45, 7) is 6.64. The third kappa shape index (κ3) is 4.86. The lowest BCUT2D eigenvalue weighted by Crippen LogP contribution is -1.98. The number of rotatable bonds is 3. The quantitative estimate of drug-likeness (QED) is 0.621. The van der Waals surface area contributed by atoms with E-state index in [1.165, 1.54) is 5.56 Å². The van der Waals surface area contributed by atoms with Gasteiger partial charge in [0.25, 0.3) is 0 Å². The topological polar surface area (TPSA) is 0 Å². The molecule has 1 rings (SSSR count). The average Bonchev–Trinajstić information content (AvgIpc) is 2.13. The van der Waals surface area contributed by atoms with E-state index in [2.05, 4.69) is 63.6 Å². The molecule has 0 saturated heterocycles. The monoisotopic (exact) mass is 187 g/mol. The van der Waals surface area contributed by atoms with Crippen LogP contribution >= 0.6 is 0 Å². The molecule has 0 unspecified atom stereocenters. The van der Waals surface area contributed by atoms with Crippen LogP contribution in [0.25, 0.3) is 0 Å². The molecule has 0 aliphatic heterocycles. The standard InChI is InChI=1S/C14H19/c1-14(2,3)12-8-7-11-13-9-5-4-6-10-13/h4-6,8-12H,7H2,1-3H3. The first kappa shape index (κ1) is 11.0. The van der Waals surface area contributed by atoms with Gasteiger partial charge < -0.3 is 0 Å². The van der Waals surface area contributed by atoms with E-state index < -0.39 is 0 Å². The molecule has 0 nitrogen and oxygen atoms in total. The van der Waals surface area contributed by atoms with Gasteiger partial charge in [-0.15, -0.1) is 0 Å². The molecule has 0 atom stereocenters. The van der Waals surface area contributed by atoms with E-state index in [-0.39, 0.29) is 0 Å². The molecule has 0 aliphatic carbocycles. The summed E-state index contributed by atoms with van der Waals surface area (Å²) < 4.78 is 0. The molecule has 14 heavy (non-hydrogen) atoms. The Hall–Kier alpha value is -1.04. The molecule has 0 spiro atoms. The fourth-order valence-corrected chi connectivity index (χ4v) is 1.21. The summed E-state index contributed by atoms with van der Waals surface area (Å²) in [5.41, 5.74) is 1.59. The van der Waals surface area contributed by atoms with Gasteiger partial charge in [-0.2, -0.15) is 0 Å². The summed E-state index contributed by atoms with van der Waals surface area (Å²) in [5.74, 6) is 0. The zero-order valence-corrected chi connectivity index (χ0v) is 9.33. The van der Waals surface area contributed by atoms with Crippen molar-refractivity contribution < 1.29 is 0 Å². The molecule has 0 fully saturated rings. The third-order valence-electron chi connectivity index (χ3n) is 1.91. The Morgan fingerprint density at radius 3 is 2.29 bits per heavy atom. The molecule has 0 heterocycles. The van der Waals surface area contributed by atoms with Crippen molar-refractivity contribution in [1.82, 2.24) is 0 Å². The lowest BCUT2D eigenvalue weighted by molar-refractivity contribution is 0.542. The van der Waals surface area contributed by atoms with Crippen molar-refractivity contribution in [3.63, 3.8) is 0 Å². The van der Waals surface area contributed by atoms with Crippen LogP contribution in [0.5, 0.6) is 0 Å². The molecule has 1 radical (unpaired) electrons. The van der Waals surface area contributed by atoms with Crippen molar-refractivity contribution in [3.05, 3.63) is 54.5 Å². The highest BCUT2D eigenvalue weighted by atomic mass is 14.1. The van der Waals surface area contributed by atoms with Gasteiger partial charge >= 0.3 is 0 Å². The molecule has 0 aliphatic rings. The normalized spacial score (nSPS) is 12.2. The van der Waals surface area contributed by atoms with Crippen molar-refractivity contribution >= 4 is 0 Å².